The van der Waals surface area contributed by atoms with Crippen molar-refractivity contribution in [3.63, 3.8) is 0 Å². The fourth-order valence-electron chi connectivity index (χ4n) is 3.12. The summed E-state index contributed by atoms with van der Waals surface area (Å²) in [4.78, 5) is 22.6. The van der Waals surface area contributed by atoms with Crippen LogP contribution in [-0.4, -0.2) is 35.0 Å². The summed E-state index contributed by atoms with van der Waals surface area (Å²) in [6.07, 6.45) is 6.68. The molecule has 1 amide bonds. The number of fused-ring (bicyclic) bond motifs is 1. The molecule has 2 heterocycles. The van der Waals surface area contributed by atoms with Gasteiger partial charge in [-0.25, -0.2) is 9.97 Å². The van der Waals surface area contributed by atoms with E-state index in [0.717, 1.165) is 28.7 Å². The number of halogens is 1. The van der Waals surface area contributed by atoms with E-state index in [1.54, 1.807) is 18.3 Å². The molecule has 4 N–H and O–H groups in total. The highest BCUT2D eigenvalue weighted by atomic mass is 35.5. The Bertz CT molecular complexity index is 1160. The highest BCUT2D eigenvalue weighted by Crippen LogP contribution is 2.32. The van der Waals surface area contributed by atoms with Crippen molar-refractivity contribution < 1.29 is 4.79 Å². The van der Waals surface area contributed by atoms with Crippen LogP contribution in [0.25, 0.3) is 22.2 Å². The van der Waals surface area contributed by atoms with Gasteiger partial charge in [-0.3, -0.25) is 4.79 Å². The van der Waals surface area contributed by atoms with Crippen molar-refractivity contribution in [3.05, 3.63) is 65.9 Å². The molecule has 0 aliphatic heterocycles. The first-order valence-corrected chi connectivity index (χ1v) is 10.8. The summed E-state index contributed by atoms with van der Waals surface area (Å²) < 4.78 is 0. The molecule has 2 aromatic carbocycles. The van der Waals surface area contributed by atoms with Crippen molar-refractivity contribution in [2.75, 3.05) is 24.2 Å². The quantitative estimate of drug-likeness (QED) is 0.207. The second kappa shape index (κ2) is 11.8. The molecule has 0 saturated heterocycles. The molecular formula is C24H27ClN6O. The van der Waals surface area contributed by atoms with Gasteiger partial charge in [-0.2, -0.15) is 0 Å². The maximum Gasteiger partial charge on any atom is 0.227 e. The molecule has 2 aromatic heterocycles. The first-order valence-electron chi connectivity index (χ1n) is 10.5. The number of hydrogen-bond donors (Lipinski definition) is 4. The van der Waals surface area contributed by atoms with Gasteiger partial charge in [0.05, 0.1) is 16.9 Å². The third-order valence-corrected chi connectivity index (χ3v) is 4.99. The van der Waals surface area contributed by atoms with Crippen molar-refractivity contribution in [3.8, 4) is 11.3 Å². The average molecular weight is 451 g/mol. The third kappa shape index (κ3) is 6.06. The van der Waals surface area contributed by atoms with E-state index in [2.05, 4.69) is 37.8 Å². The molecule has 0 bridgehead atoms. The average Bonchev–Trinajstić information content (AvgIpc) is 3.24. The SMILES string of the molecule is CCCCNC.O=CNc1cccc(Nc2ncc(Cl)c(-c3c[nH]c4ccccc34)n2)c1. The Morgan fingerprint density at radius 2 is 1.94 bits per heavy atom. The Labute approximate surface area is 192 Å². The molecule has 0 aliphatic rings. The van der Waals surface area contributed by atoms with Gasteiger partial charge in [0.1, 0.15) is 0 Å². The Balaban J connectivity index is 0.000000427. The number of unbranched alkanes of at least 4 members (excludes halogenated alkanes) is 1. The lowest BCUT2D eigenvalue weighted by Gasteiger charge is -2.09. The van der Waals surface area contributed by atoms with Gasteiger partial charge in [-0.15, -0.1) is 0 Å². The lowest BCUT2D eigenvalue weighted by Crippen LogP contribution is -2.06. The van der Waals surface area contributed by atoms with E-state index in [1.807, 2.05) is 49.6 Å². The number of hydrogen-bond acceptors (Lipinski definition) is 5. The van der Waals surface area contributed by atoms with Crippen LogP contribution in [0.1, 0.15) is 19.8 Å². The van der Waals surface area contributed by atoms with Crippen molar-refractivity contribution in [1.82, 2.24) is 20.3 Å². The molecule has 8 heteroatoms. The van der Waals surface area contributed by atoms with Gasteiger partial charge in [-0.1, -0.05) is 49.2 Å². The molecule has 7 nitrogen and oxygen atoms in total. The summed E-state index contributed by atoms with van der Waals surface area (Å²) in [7, 11) is 1.98. The lowest BCUT2D eigenvalue weighted by atomic mass is 10.1. The highest BCUT2D eigenvalue weighted by Gasteiger charge is 2.13. The zero-order valence-electron chi connectivity index (χ0n) is 18.2. The molecule has 32 heavy (non-hydrogen) atoms. The van der Waals surface area contributed by atoms with Crippen LogP contribution in [0.4, 0.5) is 17.3 Å². The maximum atomic E-state index is 10.6. The maximum absolute atomic E-state index is 10.6. The number of rotatable bonds is 8. The zero-order chi connectivity index (χ0) is 22.8. The van der Waals surface area contributed by atoms with Crippen LogP contribution >= 0.6 is 11.6 Å². The minimum Gasteiger partial charge on any atom is -0.360 e. The zero-order valence-corrected chi connectivity index (χ0v) is 18.9. The summed E-state index contributed by atoms with van der Waals surface area (Å²) in [6.45, 7) is 3.36. The number of aromatic amines is 1. The number of para-hydroxylation sites is 1. The van der Waals surface area contributed by atoms with Crippen LogP contribution in [0.3, 0.4) is 0 Å². The second-order valence-corrected chi connectivity index (χ2v) is 7.47. The predicted molar refractivity (Wildman–Crippen MR) is 133 cm³/mol. The Morgan fingerprint density at radius 1 is 1.12 bits per heavy atom. The molecule has 0 spiro atoms. The van der Waals surface area contributed by atoms with Crippen molar-refractivity contribution in [1.29, 1.82) is 0 Å². The highest BCUT2D eigenvalue weighted by molar-refractivity contribution is 6.33. The third-order valence-electron chi connectivity index (χ3n) is 4.71. The minimum atomic E-state index is 0.415. The number of amides is 1. The number of carbonyl (C=O) groups excluding carboxylic acids is 1. The summed E-state index contributed by atoms with van der Waals surface area (Å²) in [6, 6.07) is 15.2. The normalized spacial score (nSPS) is 10.3. The molecule has 166 valence electrons. The Hall–Kier alpha value is -3.42. The largest absolute Gasteiger partial charge is 0.360 e. The lowest BCUT2D eigenvalue weighted by molar-refractivity contribution is -0.105. The van der Waals surface area contributed by atoms with Gasteiger partial charge in [-0.05, 0) is 44.3 Å². The Kier molecular flexibility index (Phi) is 8.60. The van der Waals surface area contributed by atoms with Crippen LogP contribution in [-0.2, 0) is 4.79 Å². The van der Waals surface area contributed by atoms with Crippen molar-refractivity contribution in [2.24, 2.45) is 0 Å². The molecule has 0 unspecified atom stereocenters. The topological polar surface area (TPSA) is 94.7 Å². The molecule has 0 radical (unpaired) electrons. The summed E-state index contributed by atoms with van der Waals surface area (Å²) in [5, 5.41) is 10.3. The first kappa shape index (κ1) is 23.2. The fourth-order valence-corrected chi connectivity index (χ4v) is 3.31. The van der Waals surface area contributed by atoms with Crippen LogP contribution in [0.5, 0.6) is 0 Å². The summed E-state index contributed by atoms with van der Waals surface area (Å²) in [5.74, 6) is 0.415. The van der Waals surface area contributed by atoms with Gasteiger partial charge >= 0.3 is 0 Å². The Morgan fingerprint density at radius 3 is 2.69 bits per heavy atom. The molecule has 4 rings (SSSR count). The number of nitrogens with zero attached hydrogens (tertiary/aromatic N) is 2. The van der Waals surface area contributed by atoms with Crippen LogP contribution in [0.15, 0.2) is 60.9 Å². The van der Waals surface area contributed by atoms with Gasteiger partial charge in [0, 0.05) is 34.0 Å². The van der Waals surface area contributed by atoms with Gasteiger partial charge < -0.3 is 20.9 Å². The van der Waals surface area contributed by atoms with E-state index in [-0.39, 0.29) is 0 Å². The standard InChI is InChI=1S/C19H14ClN5O.C5H13N/c20-16-10-22-19(24-13-5-3-4-12(8-13)23-11-26)25-18(16)15-9-21-17-7-2-1-6-14(15)17;1-3-4-5-6-2/h1-11,21H,(H,23,26)(H,22,24,25);6H,3-5H2,1-2H3. The number of aromatic nitrogens is 3. The molecule has 0 fully saturated rings. The van der Waals surface area contributed by atoms with Crippen LogP contribution in [0, 0.1) is 0 Å². The van der Waals surface area contributed by atoms with Gasteiger partial charge in [0.25, 0.3) is 0 Å². The number of nitrogens with one attached hydrogen (secondary N) is 4. The number of benzene rings is 2. The van der Waals surface area contributed by atoms with Crippen molar-refractivity contribution in [2.45, 2.75) is 19.8 Å². The fraction of sp³-hybridized carbons (Fsp3) is 0.208. The second-order valence-electron chi connectivity index (χ2n) is 7.06. The minimum absolute atomic E-state index is 0.415. The smallest absolute Gasteiger partial charge is 0.227 e. The van der Waals surface area contributed by atoms with E-state index in [1.165, 1.54) is 12.8 Å². The number of H-pyrrole nitrogens is 1. The molecule has 0 atom stereocenters. The van der Waals surface area contributed by atoms with E-state index < -0.39 is 0 Å². The van der Waals surface area contributed by atoms with E-state index in [9.17, 15) is 4.79 Å². The number of carbonyl (C=O) groups is 1. The first-order chi connectivity index (χ1) is 15.7. The van der Waals surface area contributed by atoms with E-state index >= 15 is 0 Å². The van der Waals surface area contributed by atoms with Gasteiger partial charge in [0.2, 0.25) is 12.4 Å². The molecular weight excluding hydrogens is 424 g/mol. The molecule has 0 aliphatic carbocycles. The summed E-state index contributed by atoms with van der Waals surface area (Å²) in [5.41, 5.74) is 4.00. The molecule has 4 aromatic rings. The number of anilines is 3. The predicted octanol–water partition coefficient (Wildman–Crippen LogP) is 5.60. The van der Waals surface area contributed by atoms with E-state index in [0.29, 0.717) is 28.8 Å². The van der Waals surface area contributed by atoms with Crippen LogP contribution < -0.4 is 16.0 Å². The monoisotopic (exact) mass is 450 g/mol. The van der Waals surface area contributed by atoms with Gasteiger partial charge in [0.15, 0.2) is 0 Å². The van der Waals surface area contributed by atoms with E-state index in [4.69, 9.17) is 11.6 Å². The van der Waals surface area contributed by atoms with Crippen LogP contribution in [0.2, 0.25) is 5.02 Å². The molecule has 0 saturated carbocycles. The summed E-state index contributed by atoms with van der Waals surface area (Å²) >= 11 is 6.34. The van der Waals surface area contributed by atoms with Crippen molar-refractivity contribution >= 4 is 46.2 Å².